The van der Waals surface area contributed by atoms with E-state index in [0.717, 1.165) is 0 Å². The molecule has 0 spiro atoms. The number of carboxylic acids is 1. The van der Waals surface area contributed by atoms with Crippen LogP contribution in [0.25, 0.3) is 0 Å². The number of hydrogen-bond donors (Lipinski definition) is 2. The van der Waals surface area contributed by atoms with E-state index in [0.29, 0.717) is 30.7 Å². The highest BCUT2D eigenvalue weighted by Crippen LogP contribution is 2.26. The normalized spacial score (nSPS) is 20.4. The number of nitrogens with one attached hydrogen (secondary N) is 1. The molecule has 9 nitrogen and oxygen atoms in total. The third-order valence-corrected chi connectivity index (χ3v) is 4.22. The third-order valence-electron chi connectivity index (χ3n) is 4.22. The molecule has 1 aliphatic rings. The SMILES string of the molecule is Cc1nn(CCC(=O)N[C@@H]2CC[C@H](C(=O)O)C2)c(C)c1[N+](=O)[O-]. The number of rotatable bonds is 6. The first-order valence-corrected chi connectivity index (χ1v) is 7.50. The lowest BCUT2D eigenvalue weighted by atomic mass is 10.1. The highest BCUT2D eigenvalue weighted by atomic mass is 16.6. The van der Waals surface area contributed by atoms with E-state index in [1.54, 1.807) is 13.8 Å². The highest BCUT2D eigenvalue weighted by molar-refractivity contribution is 5.76. The Labute approximate surface area is 132 Å². The van der Waals surface area contributed by atoms with Gasteiger partial charge in [-0.3, -0.25) is 24.4 Å². The topological polar surface area (TPSA) is 127 Å². The Morgan fingerprint density at radius 2 is 2.13 bits per heavy atom. The Bertz CT molecular complexity index is 639. The number of nitro groups is 1. The van der Waals surface area contributed by atoms with Crippen LogP contribution in [0.15, 0.2) is 0 Å². The summed E-state index contributed by atoms with van der Waals surface area (Å²) in [4.78, 5) is 33.3. The molecule has 2 N–H and O–H groups in total. The molecule has 1 fully saturated rings. The van der Waals surface area contributed by atoms with Crippen molar-refractivity contribution in [2.24, 2.45) is 5.92 Å². The van der Waals surface area contributed by atoms with Crippen molar-refractivity contribution >= 4 is 17.6 Å². The number of aryl methyl sites for hydroxylation is 2. The lowest BCUT2D eigenvalue weighted by Crippen LogP contribution is -2.34. The second kappa shape index (κ2) is 6.76. The molecule has 23 heavy (non-hydrogen) atoms. The van der Waals surface area contributed by atoms with Crippen molar-refractivity contribution in [1.29, 1.82) is 0 Å². The first-order chi connectivity index (χ1) is 10.8. The Morgan fingerprint density at radius 1 is 1.43 bits per heavy atom. The fourth-order valence-electron chi connectivity index (χ4n) is 3.01. The minimum absolute atomic E-state index is 0.0227. The minimum atomic E-state index is -0.823. The molecule has 0 radical (unpaired) electrons. The van der Waals surface area contributed by atoms with Crippen LogP contribution in [-0.2, 0) is 16.1 Å². The Hall–Kier alpha value is -2.45. The fourth-order valence-corrected chi connectivity index (χ4v) is 3.01. The molecule has 1 saturated carbocycles. The van der Waals surface area contributed by atoms with Gasteiger partial charge in [-0.25, -0.2) is 0 Å². The molecule has 0 aliphatic heterocycles. The van der Waals surface area contributed by atoms with Crippen LogP contribution in [0.1, 0.15) is 37.1 Å². The Balaban J connectivity index is 1.87. The van der Waals surface area contributed by atoms with Gasteiger partial charge in [-0.2, -0.15) is 5.10 Å². The third kappa shape index (κ3) is 3.85. The zero-order valence-corrected chi connectivity index (χ0v) is 13.1. The number of amides is 1. The number of carboxylic acid groups (broad SMARTS) is 1. The van der Waals surface area contributed by atoms with Gasteiger partial charge < -0.3 is 10.4 Å². The van der Waals surface area contributed by atoms with E-state index in [2.05, 4.69) is 10.4 Å². The van der Waals surface area contributed by atoms with E-state index >= 15 is 0 Å². The van der Waals surface area contributed by atoms with Crippen LogP contribution in [0.3, 0.4) is 0 Å². The van der Waals surface area contributed by atoms with Crippen LogP contribution in [0.2, 0.25) is 0 Å². The van der Waals surface area contributed by atoms with Crippen molar-refractivity contribution in [2.75, 3.05) is 0 Å². The van der Waals surface area contributed by atoms with Gasteiger partial charge in [0.05, 0.1) is 17.4 Å². The maximum absolute atomic E-state index is 12.0. The highest BCUT2D eigenvalue weighted by Gasteiger charge is 2.30. The Kier molecular flexibility index (Phi) is 4.97. The predicted octanol–water partition coefficient (Wildman–Crippen LogP) is 1.17. The van der Waals surface area contributed by atoms with Crippen molar-refractivity contribution in [3.8, 4) is 0 Å². The van der Waals surface area contributed by atoms with Crippen LogP contribution in [0.5, 0.6) is 0 Å². The van der Waals surface area contributed by atoms with Crippen molar-refractivity contribution < 1.29 is 19.6 Å². The van der Waals surface area contributed by atoms with E-state index in [1.165, 1.54) is 4.68 Å². The van der Waals surface area contributed by atoms with Gasteiger partial charge in [-0.05, 0) is 33.1 Å². The van der Waals surface area contributed by atoms with E-state index in [9.17, 15) is 19.7 Å². The molecule has 1 heterocycles. The predicted molar refractivity (Wildman–Crippen MR) is 79.9 cm³/mol. The summed E-state index contributed by atoms with van der Waals surface area (Å²) in [5.41, 5.74) is 0.727. The Morgan fingerprint density at radius 3 is 2.65 bits per heavy atom. The molecule has 0 unspecified atom stereocenters. The lowest BCUT2D eigenvalue weighted by molar-refractivity contribution is -0.386. The number of carbonyl (C=O) groups excluding carboxylic acids is 1. The van der Waals surface area contributed by atoms with E-state index in [-0.39, 0.29) is 36.5 Å². The van der Waals surface area contributed by atoms with Gasteiger partial charge in [-0.15, -0.1) is 0 Å². The zero-order chi connectivity index (χ0) is 17.1. The fraction of sp³-hybridized carbons (Fsp3) is 0.643. The van der Waals surface area contributed by atoms with Gasteiger partial charge in [0.1, 0.15) is 11.4 Å². The first kappa shape index (κ1) is 16.9. The zero-order valence-electron chi connectivity index (χ0n) is 13.1. The average molecular weight is 324 g/mol. The summed E-state index contributed by atoms with van der Waals surface area (Å²) in [5, 5.41) is 26.8. The summed E-state index contributed by atoms with van der Waals surface area (Å²) >= 11 is 0. The van der Waals surface area contributed by atoms with Gasteiger partial charge in [0.25, 0.3) is 0 Å². The summed E-state index contributed by atoms with van der Waals surface area (Å²) in [6.45, 7) is 3.41. The number of nitrogens with zero attached hydrogens (tertiary/aromatic N) is 3. The van der Waals surface area contributed by atoms with Crippen molar-refractivity contribution in [2.45, 2.75) is 52.1 Å². The van der Waals surface area contributed by atoms with Gasteiger partial charge in [0, 0.05) is 12.5 Å². The molecule has 126 valence electrons. The molecular formula is C14H20N4O5. The average Bonchev–Trinajstić information content (AvgIpc) is 3.01. The van der Waals surface area contributed by atoms with Gasteiger partial charge >= 0.3 is 11.7 Å². The molecule has 2 rings (SSSR count). The van der Waals surface area contributed by atoms with Gasteiger partial charge in [0.15, 0.2) is 0 Å². The summed E-state index contributed by atoms with van der Waals surface area (Å²) in [6.07, 6.45) is 1.83. The summed E-state index contributed by atoms with van der Waals surface area (Å²) in [6, 6.07) is -0.113. The quantitative estimate of drug-likeness (QED) is 0.597. The molecule has 1 amide bonds. The maximum atomic E-state index is 12.0. The van der Waals surface area contributed by atoms with Crippen LogP contribution >= 0.6 is 0 Å². The van der Waals surface area contributed by atoms with Crippen molar-refractivity contribution in [3.63, 3.8) is 0 Å². The number of aliphatic carboxylic acids is 1. The molecule has 1 aromatic heterocycles. The number of hydrogen-bond acceptors (Lipinski definition) is 5. The van der Waals surface area contributed by atoms with Gasteiger partial charge in [0.2, 0.25) is 5.91 Å². The number of aromatic nitrogens is 2. The molecule has 1 aliphatic carbocycles. The van der Waals surface area contributed by atoms with Crippen LogP contribution in [0.4, 0.5) is 5.69 Å². The van der Waals surface area contributed by atoms with Crippen LogP contribution < -0.4 is 5.32 Å². The summed E-state index contributed by atoms with van der Waals surface area (Å²) < 4.78 is 1.46. The van der Waals surface area contributed by atoms with E-state index < -0.39 is 10.9 Å². The molecule has 9 heteroatoms. The van der Waals surface area contributed by atoms with Crippen molar-refractivity contribution in [1.82, 2.24) is 15.1 Å². The largest absolute Gasteiger partial charge is 0.481 e. The molecule has 1 aromatic rings. The second-order valence-corrected chi connectivity index (χ2v) is 5.86. The van der Waals surface area contributed by atoms with Crippen LogP contribution in [-0.4, -0.2) is 37.7 Å². The van der Waals surface area contributed by atoms with Gasteiger partial charge in [-0.1, -0.05) is 0 Å². The van der Waals surface area contributed by atoms with E-state index in [1.807, 2.05) is 0 Å². The van der Waals surface area contributed by atoms with Crippen LogP contribution in [0, 0.1) is 29.9 Å². The standard InChI is InChI=1S/C14H20N4O5/c1-8-13(18(22)23)9(2)17(16-8)6-5-12(19)15-11-4-3-10(7-11)14(20)21/h10-11H,3-7H2,1-2H3,(H,15,19)(H,20,21)/t10-,11+/m0/s1. The summed E-state index contributed by atoms with van der Waals surface area (Å²) in [7, 11) is 0. The van der Waals surface area contributed by atoms with E-state index in [4.69, 9.17) is 5.11 Å². The monoisotopic (exact) mass is 324 g/mol. The lowest BCUT2D eigenvalue weighted by Gasteiger charge is -2.12. The molecule has 0 saturated heterocycles. The molecular weight excluding hydrogens is 304 g/mol. The molecule has 0 bridgehead atoms. The van der Waals surface area contributed by atoms with Crippen molar-refractivity contribution in [3.05, 3.63) is 21.5 Å². The summed E-state index contributed by atoms with van der Waals surface area (Å²) in [5.74, 6) is -1.41. The first-order valence-electron chi connectivity index (χ1n) is 7.50. The molecule has 2 atom stereocenters. The number of carbonyl (C=O) groups is 2. The maximum Gasteiger partial charge on any atom is 0.312 e. The smallest absolute Gasteiger partial charge is 0.312 e. The minimum Gasteiger partial charge on any atom is -0.481 e. The second-order valence-electron chi connectivity index (χ2n) is 5.86. The molecule has 0 aromatic carbocycles.